The molecule has 3 N–H and O–H groups in total. The molecule has 2 rings (SSSR count). The van der Waals surface area contributed by atoms with E-state index in [1.807, 2.05) is 0 Å². The van der Waals surface area contributed by atoms with Crippen molar-refractivity contribution in [2.45, 2.75) is 44.0 Å². The van der Waals surface area contributed by atoms with E-state index < -0.39 is 15.8 Å². The topological polar surface area (TPSA) is 72.2 Å². The molecule has 0 aliphatic heterocycles. The molecule has 1 aliphatic carbocycles. The van der Waals surface area contributed by atoms with Crippen LogP contribution in [-0.4, -0.2) is 15.0 Å². The lowest BCUT2D eigenvalue weighted by Gasteiger charge is -2.41. The summed E-state index contributed by atoms with van der Waals surface area (Å²) in [4.78, 5) is -0.305. The average Bonchev–Trinajstić information content (AvgIpc) is 2.37. The van der Waals surface area contributed by atoms with Crippen LogP contribution in [0.4, 0.5) is 4.39 Å². The molecular formula is C14H21FN2O2S. The van der Waals surface area contributed by atoms with Gasteiger partial charge in [-0.15, -0.1) is 0 Å². The molecule has 0 aromatic heterocycles. The predicted molar refractivity (Wildman–Crippen MR) is 76.1 cm³/mol. The summed E-state index contributed by atoms with van der Waals surface area (Å²) in [6.45, 7) is 2.62. The van der Waals surface area contributed by atoms with Crippen molar-refractivity contribution in [1.82, 2.24) is 4.72 Å². The number of rotatable bonds is 6. The van der Waals surface area contributed by atoms with Crippen molar-refractivity contribution < 1.29 is 12.8 Å². The Balaban J connectivity index is 2.14. The molecule has 0 spiro atoms. The van der Waals surface area contributed by atoms with Gasteiger partial charge in [0, 0.05) is 13.1 Å². The van der Waals surface area contributed by atoms with E-state index in [4.69, 9.17) is 5.73 Å². The molecule has 1 aliphatic rings. The average molecular weight is 300 g/mol. The van der Waals surface area contributed by atoms with Crippen LogP contribution in [0.1, 0.15) is 38.2 Å². The first kappa shape index (κ1) is 15.4. The highest BCUT2D eigenvalue weighted by Crippen LogP contribution is 2.43. The third kappa shape index (κ3) is 3.02. The second-order valence-corrected chi connectivity index (χ2v) is 7.24. The van der Waals surface area contributed by atoms with Gasteiger partial charge in [0.2, 0.25) is 10.0 Å². The van der Waals surface area contributed by atoms with Gasteiger partial charge in [0.1, 0.15) is 10.7 Å². The van der Waals surface area contributed by atoms with Crippen LogP contribution in [0.5, 0.6) is 0 Å². The van der Waals surface area contributed by atoms with Gasteiger partial charge >= 0.3 is 0 Å². The van der Waals surface area contributed by atoms with E-state index in [9.17, 15) is 12.8 Å². The van der Waals surface area contributed by atoms with E-state index in [-0.39, 0.29) is 16.9 Å². The van der Waals surface area contributed by atoms with Gasteiger partial charge in [0.05, 0.1) is 0 Å². The first-order chi connectivity index (χ1) is 9.42. The van der Waals surface area contributed by atoms with Crippen LogP contribution in [0.3, 0.4) is 0 Å². The largest absolute Gasteiger partial charge is 0.326 e. The molecule has 1 aromatic rings. The molecule has 0 unspecified atom stereocenters. The molecule has 0 radical (unpaired) electrons. The maximum Gasteiger partial charge on any atom is 0.243 e. The minimum Gasteiger partial charge on any atom is -0.326 e. The Morgan fingerprint density at radius 3 is 2.55 bits per heavy atom. The molecule has 1 fully saturated rings. The lowest BCUT2D eigenvalue weighted by molar-refractivity contribution is 0.133. The SMILES string of the molecule is CCC1(CNS(=O)(=O)c2ccc(CN)cc2F)CCC1. The van der Waals surface area contributed by atoms with Crippen molar-refractivity contribution in [3.8, 4) is 0 Å². The summed E-state index contributed by atoms with van der Waals surface area (Å²) < 4.78 is 40.7. The molecule has 0 atom stereocenters. The van der Waals surface area contributed by atoms with E-state index in [2.05, 4.69) is 11.6 Å². The van der Waals surface area contributed by atoms with Gasteiger partial charge in [-0.3, -0.25) is 0 Å². The number of hydrogen-bond acceptors (Lipinski definition) is 3. The third-order valence-electron chi connectivity index (χ3n) is 4.32. The van der Waals surface area contributed by atoms with E-state index >= 15 is 0 Å². The summed E-state index contributed by atoms with van der Waals surface area (Å²) in [7, 11) is -3.80. The zero-order valence-corrected chi connectivity index (χ0v) is 12.5. The minimum atomic E-state index is -3.80. The van der Waals surface area contributed by atoms with Crippen LogP contribution >= 0.6 is 0 Å². The predicted octanol–water partition coefficient (Wildman–Crippen LogP) is 2.14. The van der Waals surface area contributed by atoms with Crippen LogP contribution < -0.4 is 10.5 Å². The summed E-state index contributed by atoms with van der Waals surface area (Å²) in [5.41, 5.74) is 6.04. The number of halogens is 1. The zero-order valence-electron chi connectivity index (χ0n) is 11.7. The molecular weight excluding hydrogens is 279 g/mol. The number of benzene rings is 1. The molecule has 0 bridgehead atoms. The highest BCUT2D eigenvalue weighted by Gasteiger charge is 2.36. The second kappa shape index (κ2) is 5.79. The van der Waals surface area contributed by atoms with Crippen LogP contribution in [0.15, 0.2) is 23.1 Å². The van der Waals surface area contributed by atoms with Crippen LogP contribution in [0.25, 0.3) is 0 Å². The number of sulfonamides is 1. The quantitative estimate of drug-likeness (QED) is 0.845. The fraction of sp³-hybridized carbons (Fsp3) is 0.571. The van der Waals surface area contributed by atoms with E-state index in [1.54, 1.807) is 0 Å². The monoisotopic (exact) mass is 300 g/mol. The maximum absolute atomic E-state index is 13.9. The molecule has 1 aromatic carbocycles. The van der Waals surface area contributed by atoms with Gasteiger partial charge in [-0.1, -0.05) is 19.4 Å². The molecule has 0 saturated heterocycles. The Kier molecular flexibility index (Phi) is 4.46. The summed E-state index contributed by atoms with van der Waals surface area (Å²) in [5, 5.41) is 0. The fourth-order valence-corrected chi connectivity index (χ4v) is 3.76. The van der Waals surface area contributed by atoms with E-state index in [0.717, 1.165) is 25.7 Å². The third-order valence-corrected chi connectivity index (χ3v) is 5.76. The van der Waals surface area contributed by atoms with Crippen molar-refractivity contribution in [1.29, 1.82) is 0 Å². The first-order valence-electron chi connectivity index (χ1n) is 6.91. The smallest absolute Gasteiger partial charge is 0.243 e. The van der Waals surface area contributed by atoms with Crippen molar-refractivity contribution in [3.63, 3.8) is 0 Å². The molecule has 0 heterocycles. The van der Waals surface area contributed by atoms with Gasteiger partial charge in [0.15, 0.2) is 0 Å². The fourth-order valence-electron chi connectivity index (χ4n) is 2.55. The summed E-state index contributed by atoms with van der Waals surface area (Å²) in [6, 6.07) is 3.99. The Morgan fingerprint density at radius 1 is 1.40 bits per heavy atom. The van der Waals surface area contributed by atoms with Gasteiger partial charge in [0.25, 0.3) is 0 Å². The summed E-state index contributed by atoms with van der Waals surface area (Å²) in [6.07, 6.45) is 4.13. The Labute approximate surface area is 119 Å². The second-order valence-electron chi connectivity index (χ2n) is 5.50. The minimum absolute atomic E-state index is 0.0563. The normalized spacial score (nSPS) is 17.8. The summed E-state index contributed by atoms with van der Waals surface area (Å²) in [5.74, 6) is -0.750. The lowest BCUT2D eigenvalue weighted by Crippen LogP contribution is -2.41. The van der Waals surface area contributed by atoms with Gasteiger partial charge < -0.3 is 5.73 Å². The standard InChI is InChI=1S/C14H21FN2O2S/c1-2-14(6-3-7-14)10-17-20(18,19)13-5-4-11(9-16)8-12(13)15/h4-5,8,17H,2-3,6-7,9-10,16H2,1H3. The van der Waals surface area contributed by atoms with Crippen molar-refractivity contribution >= 4 is 10.0 Å². The van der Waals surface area contributed by atoms with E-state index in [1.165, 1.54) is 18.2 Å². The molecule has 4 nitrogen and oxygen atoms in total. The van der Waals surface area contributed by atoms with Crippen LogP contribution in [-0.2, 0) is 16.6 Å². The number of hydrogen-bond donors (Lipinski definition) is 2. The van der Waals surface area contributed by atoms with E-state index in [0.29, 0.717) is 12.1 Å². The number of nitrogens with two attached hydrogens (primary N) is 1. The first-order valence-corrected chi connectivity index (χ1v) is 8.39. The summed E-state index contributed by atoms with van der Waals surface area (Å²) >= 11 is 0. The molecule has 112 valence electrons. The van der Waals surface area contributed by atoms with Crippen molar-refractivity contribution in [2.24, 2.45) is 11.1 Å². The van der Waals surface area contributed by atoms with Gasteiger partial charge in [-0.2, -0.15) is 0 Å². The van der Waals surface area contributed by atoms with Crippen LogP contribution in [0, 0.1) is 11.2 Å². The Morgan fingerprint density at radius 2 is 2.10 bits per heavy atom. The Bertz CT molecular complexity index is 577. The number of nitrogens with one attached hydrogen (secondary N) is 1. The molecule has 0 amide bonds. The molecule has 6 heteroatoms. The van der Waals surface area contributed by atoms with Crippen molar-refractivity contribution in [3.05, 3.63) is 29.6 Å². The van der Waals surface area contributed by atoms with Crippen molar-refractivity contribution in [2.75, 3.05) is 6.54 Å². The van der Waals surface area contributed by atoms with Gasteiger partial charge in [-0.05, 0) is 42.4 Å². The maximum atomic E-state index is 13.9. The lowest BCUT2D eigenvalue weighted by atomic mass is 9.67. The highest BCUT2D eigenvalue weighted by atomic mass is 32.2. The zero-order chi connectivity index (χ0) is 14.8. The van der Waals surface area contributed by atoms with Gasteiger partial charge in [-0.25, -0.2) is 17.5 Å². The van der Waals surface area contributed by atoms with Crippen LogP contribution in [0.2, 0.25) is 0 Å². The molecule has 1 saturated carbocycles. The highest BCUT2D eigenvalue weighted by molar-refractivity contribution is 7.89. The molecule has 20 heavy (non-hydrogen) atoms. The Hall–Kier alpha value is -0.980.